The molecule has 0 bridgehead atoms. The van der Waals surface area contributed by atoms with E-state index in [1.54, 1.807) is 0 Å². The molecule has 0 aliphatic carbocycles. The molecule has 0 spiro atoms. The fourth-order valence-electron chi connectivity index (χ4n) is 0.628. The van der Waals surface area contributed by atoms with Crippen molar-refractivity contribution in [1.82, 2.24) is 0 Å². The van der Waals surface area contributed by atoms with Crippen LogP contribution in [0.25, 0.3) is 0 Å². The maximum absolute atomic E-state index is 4.10. The van der Waals surface area contributed by atoms with Crippen LogP contribution in [0.1, 0.15) is 20.8 Å². The second-order valence-corrected chi connectivity index (χ2v) is 1.91. The summed E-state index contributed by atoms with van der Waals surface area (Å²) in [5.41, 5.74) is 3.75. The van der Waals surface area contributed by atoms with Gasteiger partial charge in [-0.25, -0.2) is 0 Å². The Morgan fingerprint density at radius 1 is 1.14 bits per heavy atom. The molecule has 1 rings (SSSR count). The van der Waals surface area contributed by atoms with Crippen molar-refractivity contribution in [2.45, 2.75) is 20.8 Å². The van der Waals surface area contributed by atoms with Gasteiger partial charge in [0.2, 0.25) is 0 Å². The number of aliphatic imine (C=N–C) groups is 1. The lowest BCUT2D eigenvalue weighted by molar-refractivity contribution is 1.17. The maximum atomic E-state index is 4.10. The van der Waals surface area contributed by atoms with Crippen LogP contribution in [0.5, 0.6) is 0 Å². The molecule has 1 heterocycles. The zero-order valence-corrected chi connectivity index (χ0v) is 4.95. The summed E-state index contributed by atoms with van der Waals surface area (Å²) in [6.07, 6.45) is 0. The summed E-state index contributed by atoms with van der Waals surface area (Å²) in [5.74, 6) is 0. The quantitative estimate of drug-likeness (QED) is 0.434. The summed E-state index contributed by atoms with van der Waals surface area (Å²) >= 11 is 0. The average Bonchev–Trinajstić information content (AvgIpc) is 1.68. The van der Waals surface area contributed by atoms with Gasteiger partial charge in [-0.05, 0) is 26.3 Å². The van der Waals surface area contributed by atoms with Gasteiger partial charge in [-0.3, -0.25) is 4.99 Å². The van der Waals surface area contributed by atoms with Crippen LogP contribution in [0, 0.1) is 0 Å². The Hall–Kier alpha value is -0.590. The summed E-state index contributed by atoms with van der Waals surface area (Å²) < 4.78 is 0. The highest BCUT2D eigenvalue weighted by atomic mass is 14.8. The van der Waals surface area contributed by atoms with Gasteiger partial charge in [0.15, 0.2) is 0 Å². The molecule has 0 unspecified atom stereocenters. The molecule has 0 radical (unpaired) electrons. The molecule has 0 amide bonds. The summed E-state index contributed by atoms with van der Waals surface area (Å²) in [7, 11) is 0. The Bertz CT molecular complexity index is 152. The summed E-state index contributed by atoms with van der Waals surface area (Å²) in [5, 5.41) is 0. The van der Waals surface area contributed by atoms with Crippen LogP contribution in [0.2, 0.25) is 0 Å². The molecule has 1 heteroatoms. The number of rotatable bonds is 0. The second kappa shape index (κ2) is 1.19. The van der Waals surface area contributed by atoms with E-state index in [0.717, 1.165) is 0 Å². The summed E-state index contributed by atoms with van der Waals surface area (Å²) in [6.45, 7) is 6.16. The van der Waals surface area contributed by atoms with Crippen molar-refractivity contribution in [3.63, 3.8) is 0 Å². The lowest BCUT2D eigenvalue weighted by Gasteiger charge is -2.11. The van der Waals surface area contributed by atoms with E-state index in [9.17, 15) is 0 Å². The van der Waals surface area contributed by atoms with Gasteiger partial charge in [-0.15, -0.1) is 0 Å². The van der Waals surface area contributed by atoms with Crippen LogP contribution in [0.4, 0.5) is 0 Å². The molecule has 0 saturated carbocycles. The minimum absolute atomic E-state index is 1.19. The molecule has 0 atom stereocenters. The van der Waals surface area contributed by atoms with Gasteiger partial charge >= 0.3 is 0 Å². The van der Waals surface area contributed by atoms with Crippen LogP contribution < -0.4 is 0 Å². The van der Waals surface area contributed by atoms with Gasteiger partial charge in [0.25, 0.3) is 0 Å². The molecule has 0 aromatic heterocycles. The Morgan fingerprint density at radius 3 is 1.71 bits per heavy atom. The van der Waals surface area contributed by atoms with Crippen molar-refractivity contribution >= 4 is 5.71 Å². The van der Waals surface area contributed by atoms with E-state index < -0.39 is 0 Å². The molecule has 0 fully saturated rings. The Morgan fingerprint density at radius 2 is 1.71 bits per heavy atom. The molecule has 0 aromatic carbocycles. The van der Waals surface area contributed by atoms with E-state index >= 15 is 0 Å². The van der Waals surface area contributed by atoms with Gasteiger partial charge in [0.1, 0.15) is 0 Å². The smallest absolute Gasteiger partial charge is 0.0423 e. The van der Waals surface area contributed by atoms with Crippen molar-refractivity contribution in [2.24, 2.45) is 4.99 Å². The molecule has 1 nitrogen and oxygen atoms in total. The minimum Gasteiger partial charge on any atom is -0.258 e. The molecule has 1 aliphatic rings. The first-order chi connectivity index (χ1) is 3.22. The standard InChI is InChI=1S/C6H9N/c1-4-5(2)7-6(4)3/h1-3H3. The van der Waals surface area contributed by atoms with Crippen LogP contribution in [0.15, 0.2) is 16.3 Å². The molecule has 1 aliphatic heterocycles. The molecular weight excluding hydrogens is 86.1 g/mol. The number of allylic oxidation sites excluding steroid dienone is 2. The molecule has 7 heavy (non-hydrogen) atoms. The molecule has 0 N–H and O–H groups in total. The summed E-state index contributed by atoms with van der Waals surface area (Å²) in [4.78, 5) is 4.10. The lowest BCUT2D eigenvalue weighted by atomic mass is 10.1. The van der Waals surface area contributed by atoms with Crippen molar-refractivity contribution in [3.8, 4) is 0 Å². The van der Waals surface area contributed by atoms with Crippen LogP contribution in [-0.4, -0.2) is 5.71 Å². The van der Waals surface area contributed by atoms with E-state index in [1.807, 2.05) is 13.8 Å². The monoisotopic (exact) mass is 95.1 g/mol. The van der Waals surface area contributed by atoms with Crippen molar-refractivity contribution in [1.29, 1.82) is 0 Å². The van der Waals surface area contributed by atoms with Gasteiger partial charge in [0, 0.05) is 11.4 Å². The Labute approximate surface area is 43.8 Å². The van der Waals surface area contributed by atoms with Gasteiger partial charge in [0.05, 0.1) is 0 Å². The first-order valence-corrected chi connectivity index (χ1v) is 2.45. The third-order valence-electron chi connectivity index (χ3n) is 1.42. The van der Waals surface area contributed by atoms with Gasteiger partial charge in [-0.1, -0.05) is 0 Å². The van der Waals surface area contributed by atoms with E-state index in [1.165, 1.54) is 17.0 Å². The third kappa shape index (κ3) is 0.483. The first-order valence-electron chi connectivity index (χ1n) is 2.45. The highest BCUT2D eigenvalue weighted by molar-refractivity contribution is 6.03. The first kappa shape index (κ1) is 4.57. The zero-order chi connectivity index (χ0) is 5.44. The Balaban J connectivity index is 2.73. The Kier molecular flexibility index (Phi) is 0.775. The van der Waals surface area contributed by atoms with E-state index in [0.29, 0.717) is 0 Å². The molecular formula is C6H9N. The van der Waals surface area contributed by atoms with Crippen molar-refractivity contribution < 1.29 is 0 Å². The highest BCUT2D eigenvalue weighted by Crippen LogP contribution is 2.16. The SMILES string of the molecule is CC1=NC(C)=C1C. The summed E-state index contributed by atoms with van der Waals surface area (Å²) in [6, 6.07) is 0. The lowest BCUT2D eigenvalue weighted by Crippen LogP contribution is -2.05. The topological polar surface area (TPSA) is 12.4 Å². The van der Waals surface area contributed by atoms with Crippen LogP contribution >= 0.6 is 0 Å². The minimum atomic E-state index is 1.19. The molecule has 0 saturated heterocycles. The largest absolute Gasteiger partial charge is 0.258 e. The predicted molar refractivity (Wildman–Crippen MR) is 31.5 cm³/mol. The van der Waals surface area contributed by atoms with Crippen molar-refractivity contribution in [3.05, 3.63) is 11.3 Å². The van der Waals surface area contributed by atoms with Gasteiger partial charge < -0.3 is 0 Å². The predicted octanol–water partition coefficient (Wildman–Crippen LogP) is 1.75. The fourth-order valence-corrected chi connectivity index (χ4v) is 0.628. The maximum Gasteiger partial charge on any atom is 0.0423 e. The number of nitrogens with zero attached hydrogens (tertiary/aromatic N) is 1. The highest BCUT2D eigenvalue weighted by Gasteiger charge is 2.07. The second-order valence-electron chi connectivity index (χ2n) is 1.91. The average molecular weight is 95.1 g/mol. The number of hydrogen-bond donors (Lipinski definition) is 0. The third-order valence-corrected chi connectivity index (χ3v) is 1.42. The van der Waals surface area contributed by atoms with Crippen LogP contribution in [-0.2, 0) is 0 Å². The normalized spacial score (nSPS) is 19.0. The fraction of sp³-hybridized carbons (Fsp3) is 0.500. The zero-order valence-electron chi connectivity index (χ0n) is 4.95. The van der Waals surface area contributed by atoms with E-state index in [2.05, 4.69) is 11.9 Å². The molecule has 0 aromatic rings. The van der Waals surface area contributed by atoms with Gasteiger partial charge in [-0.2, -0.15) is 0 Å². The molecule has 38 valence electrons. The number of hydrogen-bond acceptors (Lipinski definition) is 1. The van der Waals surface area contributed by atoms with E-state index in [-0.39, 0.29) is 0 Å². The van der Waals surface area contributed by atoms with Crippen molar-refractivity contribution in [2.75, 3.05) is 0 Å². The van der Waals surface area contributed by atoms with E-state index in [4.69, 9.17) is 0 Å². The van der Waals surface area contributed by atoms with Crippen LogP contribution in [0.3, 0.4) is 0 Å².